The molecule has 3 aliphatic rings. The van der Waals surface area contributed by atoms with E-state index in [-0.39, 0.29) is 29.9 Å². The minimum Gasteiger partial charge on any atom is -0.377 e. The SMILES string of the molecule is CN=C(NCCC1=CCOCC1)NC1CCN(C(=O)C2CCCC2)C1.I. The highest BCUT2D eigenvalue weighted by molar-refractivity contribution is 14.0. The van der Waals surface area contributed by atoms with Crippen molar-refractivity contribution in [3.8, 4) is 0 Å². The average molecular weight is 476 g/mol. The summed E-state index contributed by atoms with van der Waals surface area (Å²) in [7, 11) is 1.81. The molecule has 0 aromatic heterocycles. The van der Waals surface area contributed by atoms with Crippen LogP contribution in [0.15, 0.2) is 16.6 Å². The van der Waals surface area contributed by atoms with Crippen molar-refractivity contribution < 1.29 is 9.53 Å². The van der Waals surface area contributed by atoms with Gasteiger partial charge in [-0.05, 0) is 32.1 Å². The van der Waals surface area contributed by atoms with Crippen molar-refractivity contribution in [2.75, 3.05) is 39.9 Å². The Kier molecular flexibility index (Phi) is 9.18. The van der Waals surface area contributed by atoms with E-state index in [9.17, 15) is 4.79 Å². The number of hydrogen-bond donors (Lipinski definition) is 2. The second-order valence-electron chi connectivity index (χ2n) is 7.33. The fraction of sp³-hybridized carbons (Fsp3) is 0.789. The molecule has 2 heterocycles. The molecule has 148 valence electrons. The van der Waals surface area contributed by atoms with Gasteiger partial charge in [0, 0.05) is 38.6 Å². The zero-order chi connectivity index (χ0) is 17.5. The molecule has 2 N–H and O–H groups in total. The Balaban J connectivity index is 0.00000243. The summed E-state index contributed by atoms with van der Waals surface area (Å²) in [6, 6.07) is 0.304. The summed E-state index contributed by atoms with van der Waals surface area (Å²) in [6.07, 6.45) is 9.84. The molecular formula is C19H33IN4O2. The van der Waals surface area contributed by atoms with E-state index in [1.54, 1.807) is 7.05 Å². The summed E-state index contributed by atoms with van der Waals surface area (Å²) in [5.74, 6) is 1.49. The third kappa shape index (κ3) is 6.11. The van der Waals surface area contributed by atoms with Gasteiger partial charge >= 0.3 is 0 Å². The van der Waals surface area contributed by atoms with Crippen LogP contribution in [-0.2, 0) is 9.53 Å². The Bertz CT molecular complexity index is 518. The number of nitrogens with one attached hydrogen (secondary N) is 2. The third-order valence-electron chi connectivity index (χ3n) is 5.56. The second-order valence-corrected chi connectivity index (χ2v) is 7.33. The molecule has 1 unspecified atom stereocenters. The number of hydrogen-bond acceptors (Lipinski definition) is 3. The van der Waals surface area contributed by atoms with E-state index in [0.29, 0.717) is 11.9 Å². The van der Waals surface area contributed by atoms with Gasteiger partial charge < -0.3 is 20.3 Å². The van der Waals surface area contributed by atoms with Crippen LogP contribution in [0, 0.1) is 5.92 Å². The molecule has 26 heavy (non-hydrogen) atoms. The van der Waals surface area contributed by atoms with E-state index >= 15 is 0 Å². The monoisotopic (exact) mass is 476 g/mol. The van der Waals surface area contributed by atoms with Gasteiger partial charge in [0.15, 0.2) is 5.96 Å². The fourth-order valence-electron chi connectivity index (χ4n) is 4.03. The molecular weight excluding hydrogens is 443 g/mol. The van der Waals surface area contributed by atoms with Crippen LogP contribution in [-0.4, -0.2) is 62.7 Å². The predicted octanol–water partition coefficient (Wildman–Crippen LogP) is 2.30. The first-order chi connectivity index (χ1) is 12.3. The summed E-state index contributed by atoms with van der Waals surface area (Å²) in [4.78, 5) is 18.9. The fourth-order valence-corrected chi connectivity index (χ4v) is 4.03. The predicted molar refractivity (Wildman–Crippen MR) is 115 cm³/mol. The molecule has 1 aliphatic carbocycles. The first-order valence-electron chi connectivity index (χ1n) is 9.78. The summed E-state index contributed by atoms with van der Waals surface area (Å²) in [5.41, 5.74) is 1.46. The molecule has 0 aromatic carbocycles. The first kappa shape index (κ1) is 21.5. The van der Waals surface area contributed by atoms with Crippen molar-refractivity contribution in [1.29, 1.82) is 0 Å². The van der Waals surface area contributed by atoms with Crippen LogP contribution in [0.5, 0.6) is 0 Å². The van der Waals surface area contributed by atoms with Gasteiger partial charge in [-0.25, -0.2) is 0 Å². The lowest BCUT2D eigenvalue weighted by Crippen LogP contribution is -2.45. The number of aliphatic imine (C=N–C) groups is 1. The van der Waals surface area contributed by atoms with Gasteiger partial charge in [0.2, 0.25) is 5.91 Å². The van der Waals surface area contributed by atoms with Crippen LogP contribution in [0.3, 0.4) is 0 Å². The summed E-state index contributed by atoms with van der Waals surface area (Å²) >= 11 is 0. The second kappa shape index (κ2) is 11.1. The lowest BCUT2D eigenvalue weighted by Gasteiger charge is -2.21. The molecule has 1 atom stereocenters. The van der Waals surface area contributed by atoms with Gasteiger partial charge in [0.05, 0.1) is 13.2 Å². The van der Waals surface area contributed by atoms with E-state index in [1.807, 2.05) is 4.90 Å². The number of carbonyl (C=O) groups is 1. The Hall–Kier alpha value is -0.830. The molecule has 7 heteroatoms. The van der Waals surface area contributed by atoms with Gasteiger partial charge in [0.25, 0.3) is 0 Å². The van der Waals surface area contributed by atoms with Crippen LogP contribution < -0.4 is 10.6 Å². The average Bonchev–Trinajstić information content (AvgIpc) is 3.33. The zero-order valence-electron chi connectivity index (χ0n) is 15.8. The van der Waals surface area contributed by atoms with Gasteiger partial charge in [-0.2, -0.15) is 0 Å². The van der Waals surface area contributed by atoms with E-state index in [1.165, 1.54) is 18.4 Å². The minimum absolute atomic E-state index is 0. The number of carbonyl (C=O) groups excluding carboxylic acids is 1. The van der Waals surface area contributed by atoms with Crippen molar-refractivity contribution in [2.45, 2.75) is 51.0 Å². The molecule has 0 spiro atoms. The van der Waals surface area contributed by atoms with E-state index in [4.69, 9.17) is 4.74 Å². The third-order valence-corrected chi connectivity index (χ3v) is 5.56. The van der Waals surface area contributed by atoms with Crippen LogP contribution >= 0.6 is 24.0 Å². The van der Waals surface area contributed by atoms with Crippen molar-refractivity contribution in [3.63, 3.8) is 0 Å². The van der Waals surface area contributed by atoms with Gasteiger partial charge in [-0.3, -0.25) is 9.79 Å². The number of rotatable bonds is 5. The summed E-state index contributed by atoms with van der Waals surface area (Å²) < 4.78 is 5.34. The van der Waals surface area contributed by atoms with E-state index < -0.39 is 0 Å². The molecule has 3 rings (SSSR count). The Morgan fingerprint density at radius 3 is 2.85 bits per heavy atom. The molecule has 0 radical (unpaired) electrons. The van der Waals surface area contributed by atoms with Crippen LogP contribution in [0.25, 0.3) is 0 Å². The van der Waals surface area contributed by atoms with Gasteiger partial charge in [-0.1, -0.05) is 24.5 Å². The Morgan fingerprint density at radius 2 is 2.15 bits per heavy atom. The van der Waals surface area contributed by atoms with Crippen molar-refractivity contribution in [2.24, 2.45) is 10.9 Å². The molecule has 1 saturated heterocycles. The summed E-state index contributed by atoms with van der Waals surface area (Å²) in [5, 5.41) is 6.88. The molecule has 1 saturated carbocycles. The minimum atomic E-state index is 0. The maximum atomic E-state index is 12.5. The lowest BCUT2D eigenvalue weighted by molar-refractivity contribution is -0.134. The number of halogens is 1. The normalized spacial score (nSPS) is 24.2. The number of nitrogens with zero attached hydrogens (tertiary/aromatic N) is 2. The Labute approximate surface area is 174 Å². The number of amides is 1. The highest BCUT2D eigenvalue weighted by Crippen LogP contribution is 2.27. The molecule has 2 aliphatic heterocycles. The number of ether oxygens (including phenoxy) is 1. The quantitative estimate of drug-likeness (QED) is 0.277. The molecule has 1 amide bonds. The van der Waals surface area contributed by atoms with Crippen LogP contribution in [0.1, 0.15) is 44.9 Å². The van der Waals surface area contributed by atoms with Gasteiger partial charge in [-0.15, -0.1) is 24.0 Å². The van der Waals surface area contributed by atoms with E-state index in [2.05, 4.69) is 21.7 Å². The molecule has 0 aromatic rings. The maximum absolute atomic E-state index is 12.5. The molecule has 6 nitrogen and oxygen atoms in total. The standard InChI is InChI=1S/C19H32N4O2.HI/c1-20-19(21-10-6-15-8-12-25-13-9-15)22-17-7-11-23(14-17)18(24)16-4-2-3-5-16;/h8,16-17H,2-7,9-14H2,1H3,(H2,20,21,22);1H. The van der Waals surface area contributed by atoms with Crippen LogP contribution in [0.2, 0.25) is 0 Å². The van der Waals surface area contributed by atoms with Crippen LogP contribution in [0.4, 0.5) is 0 Å². The molecule has 2 fully saturated rings. The van der Waals surface area contributed by atoms with Crippen molar-refractivity contribution in [3.05, 3.63) is 11.6 Å². The van der Waals surface area contributed by atoms with E-state index in [0.717, 1.165) is 70.9 Å². The van der Waals surface area contributed by atoms with Crippen molar-refractivity contribution in [1.82, 2.24) is 15.5 Å². The smallest absolute Gasteiger partial charge is 0.225 e. The largest absolute Gasteiger partial charge is 0.377 e. The summed E-state index contributed by atoms with van der Waals surface area (Å²) in [6.45, 7) is 4.14. The van der Waals surface area contributed by atoms with Crippen molar-refractivity contribution >= 4 is 35.8 Å². The molecule has 0 bridgehead atoms. The first-order valence-corrected chi connectivity index (χ1v) is 9.78. The van der Waals surface area contributed by atoms with Gasteiger partial charge in [0.1, 0.15) is 0 Å². The highest BCUT2D eigenvalue weighted by Gasteiger charge is 2.32. The number of guanidine groups is 1. The lowest BCUT2D eigenvalue weighted by atomic mass is 10.1. The number of likely N-dealkylation sites (tertiary alicyclic amines) is 1. The topological polar surface area (TPSA) is 66.0 Å². The Morgan fingerprint density at radius 1 is 1.35 bits per heavy atom. The highest BCUT2D eigenvalue weighted by atomic mass is 127. The maximum Gasteiger partial charge on any atom is 0.225 e. The zero-order valence-corrected chi connectivity index (χ0v) is 18.2.